The fourth-order valence-corrected chi connectivity index (χ4v) is 2.24. The maximum absolute atomic E-state index is 10.8. The van der Waals surface area contributed by atoms with Gasteiger partial charge in [0.1, 0.15) is 0 Å². The van der Waals surface area contributed by atoms with Crippen molar-refractivity contribution in [2.45, 2.75) is 12.3 Å². The SMILES string of the molecule is CC(CNC(=O)O)(c1ccccc1)c1ccccc1. The van der Waals surface area contributed by atoms with Crippen LogP contribution in [0.3, 0.4) is 0 Å². The number of carbonyl (C=O) groups is 1. The van der Waals surface area contributed by atoms with Crippen molar-refractivity contribution >= 4 is 6.09 Å². The molecule has 2 aromatic carbocycles. The smallest absolute Gasteiger partial charge is 0.404 e. The Labute approximate surface area is 112 Å². The van der Waals surface area contributed by atoms with E-state index in [4.69, 9.17) is 5.11 Å². The van der Waals surface area contributed by atoms with Crippen LogP contribution in [0.25, 0.3) is 0 Å². The van der Waals surface area contributed by atoms with Crippen LogP contribution in [0.15, 0.2) is 60.7 Å². The first-order valence-corrected chi connectivity index (χ1v) is 6.21. The number of nitrogens with one attached hydrogen (secondary N) is 1. The van der Waals surface area contributed by atoms with Gasteiger partial charge in [0.2, 0.25) is 0 Å². The standard InChI is InChI=1S/C16H17NO2/c1-16(12-17-15(18)19,13-8-4-2-5-9-13)14-10-6-3-7-11-14/h2-11,17H,12H2,1H3,(H,18,19). The van der Waals surface area contributed by atoms with Crippen LogP contribution in [0, 0.1) is 0 Å². The van der Waals surface area contributed by atoms with Gasteiger partial charge in [-0.15, -0.1) is 0 Å². The Bertz CT molecular complexity index is 498. The Hall–Kier alpha value is -2.29. The zero-order chi connectivity index (χ0) is 13.7. The topological polar surface area (TPSA) is 49.3 Å². The molecule has 3 nitrogen and oxygen atoms in total. The van der Waals surface area contributed by atoms with Crippen LogP contribution in [0.2, 0.25) is 0 Å². The monoisotopic (exact) mass is 255 g/mol. The highest BCUT2D eigenvalue weighted by Gasteiger charge is 2.29. The number of amides is 1. The van der Waals surface area contributed by atoms with Crippen LogP contribution in [-0.2, 0) is 5.41 Å². The highest BCUT2D eigenvalue weighted by molar-refractivity contribution is 5.64. The van der Waals surface area contributed by atoms with Gasteiger partial charge in [-0.3, -0.25) is 0 Å². The fourth-order valence-electron chi connectivity index (χ4n) is 2.24. The summed E-state index contributed by atoms with van der Waals surface area (Å²) in [5.74, 6) is 0. The van der Waals surface area contributed by atoms with Gasteiger partial charge in [-0.1, -0.05) is 60.7 Å². The lowest BCUT2D eigenvalue weighted by molar-refractivity contribution is 0.192. The summed E-state index contributed by atoms with van der Waals surface area (Å²) in [6.45, 7) is 2.39. The summed E-state index contributed by atoms with van der Waals surface area (Å²) in [5.41, 5.74) is 1.81. The lowest BCUT2D eigenvalue weighted by atomic mass is 9.76. The average molecular weight is 255 g/mol. The normalized spacial score (nSPS) is 11.0. The Balaban J connectivity index is 2.41. The molecule has 0 aliphatic heterocycles. The number of hydrogen-bond donors (Lipinski definition) is 2. The zero-order valence-electron chi connectivity index (χ0n) is 10.8. The predicted molar refractivity (Wildman–Crippen MR) is 75.4 cm³/mol. The molecule has 3 heteroatoms. The average Bonchev–Trinajstić information content (AvgIpc) is 2.46. The van der Waals surface area contributed by atoms with Crippen LogP contribution < -0.4 is 5.32 Å². The minimum Gasteiger partial charge on any atom is -0.465 e. The number of benzene rings is 2. The summed E-state index contributed by atoms with van der Waals surface area (Å²) in [7, 11) is 0. The Kier molecular flexibility index (Phi) is 3.85. The van der Waals surface area contributed by atoms with Crippen LogP contribution in [0.4, 0.5) is 4.79 Å². The van der Waals surface area contributed by atoms with Crippen LogP contribution >= 0.6 is 0 Å². The van der Waals surface area contributed by atoms with Crippen LogP contribution in [0.1, 0.15) is 18.1 Å². The van der Waals surface area contributed by atoms with E-state index in [9.17, 15) is 4.79 Å². The maximum Gasteiger partial charge on any atom is 0.404 e. The third-order valence-electron chi connectivity index (χ3n) is 3.42. The molecular formula is C16H17NO2. The third-order valence-corrected chi connectivity index (χ3v) is 3.42. The highest BCUT2D eigenvalue weighted by atomic mass is 16.4. The van der Waals surface area contributed by atoms with E-state index in [2.05, 4.69) is 5.32 Å². The summed E-state index contributed by atoms with van der Waals surface area (Å²) in [5, 5.41) is 11.4. The van der Waals surface area contributed by atoms with Gasteiger partial charge in [-0.25, -0.2) is 4.79 Å². The summed E-state index contributed by atoms with van der Waals surface area (Å²) >= 11 is 0. The quantitative estimate of drug-likeness (QED) is 0.881. The van der Waals surface area contributed by atoms with Crippen molar-refractivity contribution < 1.29 is 9.90 Å². The second kappa shape index (κ2) is 5.57. The van der Waals surface area contributed by atoms with Crippen molar-refractivity contribution in [1.29, 1.82) is 0 Å². The predicted octanol–water partition coefficient (Wildman–Crippen LogP) is 3.26. The minimum absolute atomic E-state index is 0.344. The molecule has 0 spiro atoms. The molecule has 0 fully saturated rings. The summed E-state index contributed by atoms with van der Waals surface area (Å²) in [6, 6.07) is 19.9. The fraction of sp³-hybridized carbons (Fsp3) is 0.188. The van der Waals surface area contributed by atoms with E-state index < -0.39 is 6.09 Å². The number of hydrogen-bond acceptors (Lipinski definition) is 1. The lowest BCUT2D eigenvalue weighted by Crippen LogP contribution is -2.38. The molecule has 2 rings (SSSR count). The van der Waals surface area contributed by atoms with E-state index in [1.54, 1.807) is 0 Å². The number of carboxylic acid groups (broad SMARTS) is 1. The van der Waals surface area contributed by atoms with Gasteiger partial charge in [0.05, 0.1) is 0 Å². The van der Waals surface area contributed by atoms with Crippen LogP contribution in [0.5, 0.6) is 0 Å². The maximum atomic E-state index is 10.8. The van der Waals surface area contributed by atoms with Crippen molar-refractivity contribution in [3.05, 3.63) is 71.8 Å². The first-order chi connectivity index (χ1) is 9.13. The van der Waals surface area contributed by atoms with Gasteiger partial charge >= 0.3 is 6.09 Å². The molecule has 19 heavy (non-hydrogen) atoms. The molecule has 0 aromatic heterocycles. The summed E-state index contributed by atoms with van der Waals surface area (Å²) in [6.07, 6.45) is -1.00. The zero-order valence-corrected chi connectivity index (χ0v) is 10.8. The Morgan fingerprint density at radius 1 is 1.00 bits per heavy atom. The van der Waals surface area contributed by atoms with E-state index >= 15 is 0 Å². The summed E-state index contributed by atoms with van der Waals surface area (Å²) < 4.78 is 0. The molecule has 0 saturated heterocycles. The molecule has 0 unspecified atom stereocenters. The molecule has 0 heterocycles. The molecule has 0 saturated carbocycles. The van der Waals surface area contributed by atoms with Gasteiger partial charge < -0.3 is 10.4 Å². The molecule has 0 bridgehead atoms. The second-order valence-electron chi connectivity index (χ2n) is 4.72. The Morgan fingerprint density at radius 3 is 1.79 bits per heavy atom. The third kappa shape index (κ3) is 2.94. The minimum atomic E-state index is -1.00. The van der Waals surface area contributed by atoms with E-state index in [-0.39, 0.29) is 5.41 Å². The van der Waals surface area contributed by atoms with Crippen molar-refractivity contribution in [3.63, 3.8) is 0 Å². The second-order valence-corrected chi connectivity index (χ2v) is 4.72. The molecule has 0 atom stereocenters. The Morgan fingerprint density at radius 2 is 1.42 bits per heavy atom. The van der Waals surface area contributed by atoms with Crippen LogP contribution in [-0.4, -0.2) is 17.7 Å². The van der Waals surface area contributed by atoms with Gasteiger partial charge in [-0.2, -0.15) is 0 Å². The molecule has 2 N–H and O–H groups in total. The first kappa shape index (κ1) is 13.1. The first-order valence-electron chi connectivity index (χ1n) is 6.21. The van der Waals surface area contributed by atoms with E-state index in [1.165, 1.54) is 0 Å². The van der Waals surface area contributed by atoms with E-state index in [0.717, 1.165) is 11.1 Å². The highest BCUT2D eigenvalue weighted by Crippen LogP contribution is 2.31. The largest absolute Gasteiger partial charge is 0.465 e. The molecular weight excluding hydrogens is 238 g/mol. The van der Waals surface area contributed by atoms with Gasteiger partial charge in [-0.05, 0) is 18.1 Å². The molecule has 2 aromatic rings. The van der Waals surface area contributed by atoms with E-state index in [0.29, 0.717) is 6.54 Å². The number of rotatable bonds is 4. The summed E-state index contributed by atoms with van der Waals surface area (Å²) in [4.78, 5) is 10.8. The van der Waals surface area contributed by atoms with Crippen molar-refractivity contribution in [3.8, 4) is 0 Å². The molecule has 0 aliphatic rings. The van der Waals surface area contributed by atoms with E-state index in [1.807, 2.05) is 67.6 Å². The molecule has 0 aliphatic carbocycles. The molecule has 0 radical (unpaired) electrons. The van der Waals surface area contributed by atoms with Crippen molar-refractivity contribution in [2.75, 3.05) is 6.54 Å². The lowest BCUT2D eigenvalue weighted by Gasteiger charge is -2.30. The molecule has 98 valence electrons. The van der Waals surface area contributed by atoms with Crippen molar-refractivity contribution in [2.24, 2.45) is 0 Å². The van der Waals surface area contributed by atoms with Gasteiger partial charge in [0, 0.05) is 12.0 Å². The molecule has 1 amide bonds. The van der Waals surface area contributed by atoms with Gasteiger partial charge in [0.25, 0.3) is 0 Å². The van der Waals surface area contributed by atoms with Crippen molar-refractivity contribution in [1.82, 2.24) is 5.32 Å². The van der Waals surface area contributed by atoms with Gasteiger partial charge in [0.15, 0.2) is 0 Å².